The highest BCUT2D eigenvalue weighted by molar-refractivity contribution is 5.90. The average Bonchev–Trinajstić information content (AvgIpc) is 2.46. The number of rotatable bonds is 5. The Balaban J connectivity index is 1.94. The summed E-state index contributed by atoms with van der Waals surface area (Å²) in [5.74, 6) is 0.557. The van der Waals surface area contributed by atoms with Gasteiger partial charge in [0.15, 0.2) is 0 Å². The first kappa shape index (κ1) is 13.9. The second kappa shape index (κ2) is 7.14. The smallest absolute Gasteiger partial charge is 0.221 e. The summed E-state index contributed by atoms with van der Waals surface area (Å²) < 4.78 is 5.66. The molecule has 0 radical (unpaired) electrons. The van der Waals surface area contributed by atoms with Crippen molar-refractivity contribution in [2.75, 3.05) is 11.9 Å². The average molecular weight is 267 g/mol. The number of para-hydroxylation sites is 2. The summed E-state index contributed by atoms with van der Waals surface area (Å²) in [6.45, 7) is 1.93. The number of hydrogen-bond acceptors (Lipinski definition) is 2. The largest absolute Gasteiger partial charge is 0.487 e. The number of ether oxygens (including phenoxy) is 1. The Morgan fingerprint density at radius 2 is 1.80 bits per heavy atom. The normalized spacial score (nSPS) is 10.4. The van der Waals surface area contributed by atoms with E-state index in [1.807, 2.05) is 66.7 Å². The maximum atomic E-state index is 11.1. The van der Waals surface area contributed by atoms with Crippen molar-refractivity contribution in [3.63, 3.8) is 0 Å². The summed E-state index contributed by atoms with van der Waals surface area (Å²) >= 11 is 0. The Labute approximate surface area is 118 Å². The van der Waals surface area contributed by atoms with Crippen molar-refractivity contribution in [2.45, 2.75) is 6.92 Å². The van der Waals surface area contributed by atoms with Crippen molar-refractivity contribution >= 4 is 17.7 Å². The fourth-order valence-corrected chi connectivity index (χ4v) is 1.77. The lowest BCUT2D eigenvalue weighted by atomic mass is 10.2. The van der Waals surface area contributed by atoms with Crippen LogP contribution in [0, 0.1) is 0 Å². The van der Waals surface area contributed by atoms with Gasteiger partial charge in [0.25, 0.3) is 0 Å². The Bertz CT molecular complexity index is 591. The molecule has 0 saturated heterocycles. The lowest BCUT2D eigenvalue weighted by Gasteiger charge is -2.09. The molecule has 0 aliphatic heterocycles. The molecule has 0 saturated carbocycles. The van der Waals surface area contributed by atoms with Crippen LogP contribution in [0.5, 0.6) is 5.75 Å². The highest BCUT2D eigenvalue weighted by Gasteiger charge is 2.02. The molecule has 0 bridgehead atoms. The highest BCUT2D eigenvalue weighted by Crippen LogP contribution is 2.23. The second-order valence-corrected chi connectivity index (χ2v) is 4.30. The number of benzene rings is 2. The van der Waals surface area contributed by atoms with E-state index in [2.05, 4.69) is 5.32 Å². The summed E-state index contributed by atoms with van der Waals surface area (Å²) in [5.41, 5.74) is 1.82. The second-order valence-electron chi connectivity index (χ2n) is 4.30. The van der Waals surface area contributed by atoms with Crippen LogP contribution >= 0.6 is 0 Å². The third-order valence-electron chi connectivity index (χ3n) is 2.64. The monoisotopic (exact) mass is 267 g/mol. The molecule has 1 N–H and O–H groups in total. The van der Waals surface area contributed by atoms with Crippen LogP contribution in [0.1, 0.15) is 12.5 Å². The molecule has 0 unspecified atom stereocenters. The van der Waals surface area contributed by atoms with Gasteiger partial charge in [-0.05, 0) is 23.8 Å². The molecule has 102 valence electrons. The summed E-state index contributed by atoms with van der Waals surface area (Å²) in [6.07, 6.45) is 3.95. The van der Waals surface area contributed by atoms with E-state index in [4.69, 9.17) is 4.74 Å². The fourth-order valence-electron chi connectivity index (χ4n) is 1.77. The number of amides is 1. The minimum Gasteiger partial charge on any atom is -0.487 e. The van der Waals surface area contributed by atoms with Crippen LogP contribution in [0.2, 0.25) is 0 Å². The maximum absolute atomic E-state index is 11.1. The molecule has 1 amide bonds. The van der Waals surface area contributed by atoms with Gasteiger partial charge in [0.2, 0.25) is 5.91 Å². The zero-order chi connectivity index (χ0) is 14.2. The van der Waals surface area contributed by atoms with Crippen molar-refractivity contribution in [3.05, 3.63) is 66.2 Å². The van der Waals surface area contributed by atoms with E-state index in [-0.39, 0.29) is 5.91 Å². The molecule has 0 aromatic heterocycles. The van der Waals surface area contributed by atoms with Gasteiger partial charge in [-0.3, -0.25) is 4.79 Å². The molecule has 0 spiro atoms. The molecule has 3 heteroatoms. The number of hydrogen-bond donors (Lipinski definition) is 1. The van der Waals surface area contributed by atoms with Gasteiger partial charge in [-0.2, -0.15) is 0 Å². The fraction of sp³-hybridized carbons (Fsp3) is 0.118. The standard InChI is InChI=1S/C17H17NO2/c1-14(19)18-16-11-5-6-12-17(16)20-13-7-10-15-8-3-2-4-9-15/h2-12H,13H2,1H3,(H,18,19)/b10-7+. The van der Waals surface area contributed by atoms with E-state index in [0.29, 0.717) is 18.0 Å². The van der Waals surface area contributed by atoms with Gasteiger partial charge < -0.3 is 10.1 Å². The van der Waals surface area contributed by atoms with Crippen LogP contribution in [0.3, 0.4) is 0 Å². The first-order chi connectivity index (χ1) is 9.75. The molecule has 0 aliphatic rings. The van der Waals surface area contributed by atoms with Gasteiger partial charge in [0.05, 0.1) is 5.69 Å². The molecule has 0 atom stereocenters. The van der Waals surface area contributed by atoms with Gasteiger partial charge in [0.1, 0.15) is 12.4 Å². The minimum absolute atomic E-state index is 0.110. The summed E-state index contributed by atoms with van der Waals surface area (Å²) in [5, 5.41) is 2.74. The van der Waals surface area contributed by atoms with Crippen LogP contribution in [-0.2, 0) is 4.79 Å². The zero-order valence-electron chi connectivity index (χ0n) is 11.4. The first-order valence-electron chi connectivity index (χ1n) is 6.47. The van der Waals surface area contributed by atoms with E-state index in [9.17, 15) is 4.79 Å². The lowest BCUT2D eigenvalue weighted by molar-refractivity contribution is -0.114. The predicted octanol–water partition coefficient (Wildman–Crippen LogP) is 3.74. The van der Waals surface area contributed by atoms with Crippen molar-refractivity contribution < 1.29 is 9.53 Å². The van der Waals surface area contributed by atoms with Gasteiger partial charge in [-0.15, -0.1) is 0 Å². The highest BCUT2D eigenvalue weighted by atomic mass is 16.5. The van der Waals surface area contributed by atoms with Gasteiger partial charge in [0, 0.05) is 6.92 Å². The van der Waals surface area contributed by atoms with Crippen LogP contribution in [0.25, 0.3) is 6.08 Å². The van der Waals surface area contributed by atoms with Crippen molar-refractivity contribution in [3.8, 4) is 5.75 Å². The molecule has 0 fully saturated rings. The van der Waals surface area contributed by atoms with Crippen molar-refractivity contribution in [2.24, 2.45) is 0 Å². The van der Waals surface area contributed by atoms with E-state index in [1.165, 1.54) is 6.92 Å². The first-order valence-corrected chi connectivity index (χ1v) is 6.47. The van der Waals surface area contributed by atoms with E-state index >= 15 is 0 Å². The van der Waals surface area contributed by atoms with E-state index in [1.54, 1.807) is 0 Å². The minimum atomic E-state index is -0.110. The van der Waals surface area contributed by atoms with Crippen LogP contribution in [0.15, 0.2) is 60.7 Å². The third kappa shape index (κ3) is 4.28. The van der Waals surface area contributed by atoms with Crippen LogP contribution in [0.4, 0.5) is 5.69 Å². The molecule has 2 rings (SSSR count). The Morgan fingerprint density at radius 1 is 1.10 bits per heavy atom. The topological polar surface area (TPSA) is 38.3 Å². The number of carbonyl (C=O) groups is 1. The summed E-state index contributed by atoms with van der Waals surface area (Å²) in [6, 6.07) is 17.4. The Hall–Kier alpha value is -2.55. The Morgan fingerprint density at radius 3 is 2.55 bits per heavy atom. The molecular weight excluding hydrogens is 250 g/mol. The van der Waals surface area contributed by atoms with E-state index < -0.39 is 0 Å². The molecule has 2 aromatic carbocycles. The maximum Gasteiger partial charge on any atom is 0.221 e. The number of carbonyl (C=O) groups excluding carboxylic acids is 1. The lowest BCUT2D eigenvalue weighted by Crippen LogP contribution is -2.07. The molecule has 0 aliphatic carbocycles. The van der Waals surface area contributed by atoms with Crippen molar-refractivity contribution in [1.82, 2.24) is 0 Å². The molecular formula is C17H17NO2. The zero-order valence-corrected chi connectivity index (χ0v) is 11.4. The van der Waals surface area contributed by atoms with Gasteiger partial charge >= 0.3 is 0 Å². The van der Waals surface area contributed by atoms with Gasteiger partial charge in [-0.25, -0.2) is 0 Å². The van der Waals surface area contributed by atoms with E-state index in [0.717, 1.165) is 5.56 Å². The molecule has 0 heterocycles. The number of nitrogens with one attached hydrogen (secondary N) is 1. The summed E-state index contributed by atoms with van der Waals surface area (Å²) in [7, 11) is 0. The third-order valence-corrected chi connectivity index (χ3v) is 2.64. The Kier molecular flexibility index (Phi) is 4.95. The summed E-state index contributed by atoms with van der Waals surface area (Å²) in [4.78, 5) is 11.1. The molecule has 3 nitrogen and oxygen atoms in total. The molecule has 2 aromatic rings. The number of anilines is 1. The van der Waals surface area contributed by atoms with Crippen LogP contribution in [-0.4, -0.2) is 12.5 Å². The van der Waals surface area contributed by atoms with Crippen molar-refractivity contribution in [1.29, 1.82) is 0 Å². The predicted molar refractivity (Wildman–Crippen MR) is 81.7 cm³/mol. The quantitative estimate of drug-likeness (QED) is 0.896. The SMILES string of the molecule is CC(=O)Nc1ccccc1OC/C=C/c1ccccc1. The van der Waals surface area contributed by atoms with Crippen LogP contribution < -0.4 is 10.1 Å². The molecule has 20 heavy (non-hydrogen) atoms. The van der Waals surface area contributed by atoms with Gasteiger partial charge in [-0.1, -0.05) is 48.5 Å².